The van der Waals surface area contributed by atoms with Gasteiger partial charge < -0.3 is 14.7 Å². The van der Waals surface area contributed by atoms with Crippen molar-refractivity contribution < 1.29 is 19.4 Å². The van der Waals surface area contributed by atoms with Crippen LogP contribution in [0.25, 0.3) is 0 Å². The third kappa shape index (κ3) is 3.30. The highest BCUT2D eigenvalue weighted by molar-refractivity contribution is 5.79. The minimum atomic E-state index is -0.733. The number of carboxylic acid groups (broad SMARTS) is 1. The maximum atomic E-state index is 12.2. The van der Waals surface area contributed by atoms with Gasteiger partial charge in [-0.1, -0.05) is 6.92 Å². The molecule has 114 valence electrons. The van der Waals surface area contributed by atoms with E-state index < -0.39 is 11.4 Å². The normalized spacial score (nSPS) is 28.4. The number of carboxylic acids is 1. The van der Waals surface area contributed by atoms with E-state index in [-0.39, 0.29) is 5.91 Å². The van der Waals surface area contributed by atoms with Gasteiger partial charge in [-0.25, -0.2) is 0 Å². The number of carbonyl (C=O) groups excluding carboxylic acids is 1. The molecule has 20 heavy (non-hydrogen) atoms. The van der Waals surface area contributed by atoms with E-state index >= 15 is 0 Å². The van der Waals surface area contributed by atoms with Gasteiger partial charge in [0.05, 0.1) is 25.2 Å². The molecule has 1 unspecified atom stereocenters. The van der Waals surface area contributed by atoms with Crippen molar-refractivity contribution in [3.05, 3.63) is 0 Å². The number of nitrogens with zero attached hydrogens (tertiary/aromatic N) is 2. The molecule has 6 heteroatoms. The van der Waals surface area contributed by atoms with Gasteiger partial charge in [-0.3, -0.25) is 14.5 Å². The number of hydrogen-bond acceptors (Lipinski definition) is 4. The largest absolute Gasteiger partial charge is 0.481 e. The monoisotopic (exact) mass is 284 g/mol. The fourth-order valence-electron chi connectivity index (χ4n) is 3.08. The summed E-state index contributed by atoms with van der Waals surface area (Å²) >= 11 is 0. The lowest BCUT2D eigenvalue weighted by Gasteiger charge is -2.40. The van der Waals surface area contributed by atoms with Crippen LogP contribution in [0.2, 0.25) is 0 Å². The number of ether oxygens (including phenoxy) is 1. The predicted molar refractivity (Wildman–Crippen MR) is 73.4 cm³/mol. The molecular formula is C14H24N2O4. The van der Waals surface area contributed by atoms with Gasteiger partial charge in [-0.05, 0) is 25.8 Å². The van der Waals surface area contributed by atoms with Crippen LogP contribution in [0.4, 0.5) is 0 Å². The molecule has 0 radical (unpaired) electrons. The number of amides is 1. The van der Waals surface area contributed by atoms with Crippen molar-refractivity contribution in [3.8, 4) is 0 Å². The van der Waals surface area contributed by atoms with Crippen LogP contribution >= 0.6 is 0 Å². The zero-order valence-corrected chi connectivity index (χ0v) is 12.1. The van der Waals surface area contributed by atoms with Crippen molar-refractivity contribution in [2.45, 2.75) is 26.2 Å². The zero-order chi connectivity index (χ0) is 14.6. The molecule has 1 N–H and O–H groups in total. The van der Waals surface area contributed by atoms with Crippen LogP contribution in [0.15, 0.2) is 0 Å². The Morgan fingerprint density at radius 1 is 1.25 bits per heavy atom. The molecule has 2 heterocycles. The van der Waals surface area contributed by atoms with Crippen molar-refractivity contribution in [2.24, 2.45) is 5.41 Å². The fraction of sp³-hybridized carbons (Fsp3) is 0.857. The van der Waals surface area contributed by atoms with Gasteiger partial charge in [0.25, 0.3) is 0 Å². The van der Waals surface area contributed by atoms with E-state index in [1.165, 1.54) is 0 Å². The topological polar surface area (TPSA) is 70.1 Å². The summed E-state index contributed by atoms with van der Waals surface area (Å²) in [5, 5.41) is 9.45. The van der Waals surface area contributed by atoms with E-state index in [0.29, 0.717) is 52.2 Å². The van der Waals surface area contributed by atoms with E-state index in [1.54, 1.807) is 0 Å². The first-order valence-corrected chi connectivity index (χ1v) is 7.39. The Morgan fingerprint density at radius 2 is 1.95 bits per heavy atom. The van der Waals surface area contributed by atoms with E-state index in [4.69, 9.17) is 4.74 Å². The van der Waals surface area contributed by atoms with Crippen LogP contribution < -0.4 is 0 Å². The molecule has 2 aliphatic rings. The Bertz CT molecular complexity index is 368. The molecule has 0 aliphatic carbocycles. The first kappa shape index (κ1) is 15.3. The minimum Gasteiger partial charge on any atom is -0.481 e. The molecule has 0 spiro atoms. The first-order chi connectivity index (χ1) is 9.57. The molecule has 2 fully saturated rings. The highest BCUT2D eigenvalue weighted by Crippen LogP contribution is 2.33. The van der Waals surface area contributed by atoms with Crippen molar-refractivity contribution in [2.75, 3.05) is 45.9 Å². The Labute approximate surface area is 119 Å². The second-order valence-corrected chi connectivity index (χ2v) is 5.75. The summed E-state index contributed by atoms with van der Waals surface area (Å²) in [4.78, 5) is 27.5. The summed E-state index contributed by atoms with van der Waals surface area (Å²) in [6.45, 7) is 6.02. The van der Waals surface area contributed by atoms with Crippen LogP contribution in [0.5, 0.6) is 0 Å². The number of likely N-dealkylation sites (tertiary alicyclic amines) is 1. The van der Waals surface area contributed by atoms with Crippen molar-refractivity contribution in [3.63, 3.8) is 0 Å². The smallest absolute Gasteiger partial charge is 0.310 e. The number of hydrogen-bond donors (Lipinski definition) is 1. The summed E-state index contributed by atoms with van der Waals surface area (Å²) in [7, 11) is 0. The molecule has 0 saturated carbocycles. The van der Waals surface area contributed by atoms with Gasteiger partial charge in [-0.2, -0.15) is 0 Å². The standard InChI is InChI=1S/C14H24N2O4/c1-2-14(13(18)19)4-3-5-15(11-14)10-12(17)16-6-8-20-9-7-16/h2-11H2,1H3,(H,18,19). The van der Waals surface area contributed by atoms with Gasteiger partial charge in [0.2, 0.25) is 5.91 Å². The summed E-state index contributed by atoms with van der Waals surface area (Å²) in [6, 6.07) is 0. The summed E-state index contributed by atoms with van der Waals surface area (Å²) in [6.07, 6.45) is 2.17. The molecule has 0 aromatic carbocycles. The number of rotatable bonds is 4. The zero-order valence-electron chi connectivity index (χ0n) is 12.1. The molecule has 2 rings (SSSR count). The molecule has 0 aromatic heterocycles. The van der Waals surface area contributed by atoms with Gasteiger partial charge >= 0.3 is 5.97 Å². The molecule has 2 aliphatic heterocycles. The highest BCUT2D eigenvalue weighted by atomic mass is 16.5. The molecular weight excluding hydrogens is 260 g/mol. The fourth-order valence-corrected chi connectivity index (χ4v) is 3.08. The number of morpholine rings is 1. The second kappa shape index (κ2) is 6.54. The van der Waals surface area contributed by atoms with Crippen LogP contribution in [-0.4, -0.2) is 72.7 Å². The van der Waals surface area contributed by atoms with Crippen molar-refractivity contribution in [1.29, 1.82) is 0 Å². The average molecular weight is 284 g/mol. The van der Waals surface area contributed by atoms with Crippen LogP contribution in [0.1, 0.15) is 26.2 Å². The van der Waals surface area contributed by atoms with Gasteiger partial charge in [-0.15, -0.1) is 0 Å². The number of carbonyl (C=O) groups is 2. The van der Waals surface area contributed by atoms with Crippen LogP contribution in [-0.2, 0) is 14.3 Å². The third-order valence-corrected chi connectivity index (χ3v) is 4.51. The lowest BCUT2D eigenvalue weighted by molar-refractivity contribution is -0.154. The summed E-state index contributed by atoms with van der Waals surface area (Å²) < 4.78 is 5.24. The number of piperidine rings is 1. The van der Waals surface area contributed by atoms with Crippen molar-refractivity contribution >= 4 is 11.9 Å². The lowest BCUT2D eigenvalue weighted by Crippen LogP contribution is -2.52. The number of aliphatic carboxylic acids is 1. The van der Waals surface area contributed by atoms with E-state index in [0.717, 1.165) is 13.0 Å². The Hall–Kier alpha value is -1.14. The SMILES string of the molecule is CCC1(C(=O)O)CCCN(CC(=O)N2CCOCC2)C1. The van der Waals surface area contributed by atoms with Crippen LogP contribution in [0, 0.1) is 5.41 Å². The average Bonchev–Trinajstić information content (AvgIpc) is 2.48. The third-order valence-electron chi connectivity index (χ3n) is 4.51. The maximum Gasteiger partial charge on any atom is 0.310 e. The molecule has 0 bridgehead atoms. The molecule has 6 nitrogen and oxygen atoms in total. The lowest BCUT2D eigenvalue weighted by atomic mass is 9.77. The van der Waals surface area contributed by atoms with Crippen LogP contribution in [0.3, 0.4) is 0 Å². The Balaban J connectivity index is 1.92. The van der Waals surface area contributed by atoms with Crippen molar-refractivity contribution in [1.82, 2.24) is 9.80 Å². The molecule has 1 amide bonds. The molecule has 1 atom stereocenters. The predicted octanol–water partition coefficient (Wildman–Crippen LogP) is 0.422. The van der Waals surface area contributed by atoms with Gasteiger partial charge in [0.1, 0.15) is 0 Å². The molecule has 0 aromatic rings. The second-order valence-electron chi connectivity index (χ2n) is 5.75. The van der Waals surface area contributed by atoms with E-state index in [1.807, 2.05) is 16.7 Å². The maximum absolute atomic E-state index is 12.2. The quantitative estimate of drug-likeness (QED) is 0.810. The Kier molecular flexibility index (Phi) is 4.99. The highest BCUT2D eigenvalue weighted by Gasteiger charge is 2.41. The van der Waals surface area contributed by atoms with E-state index in [2.05, 4.69) is 0 Å². The minimum absolute atomic E-state index is 0.0885. The van der Waals surface area contributed by atoms with Gasteiger partial charge in [0, 0.05) is 19.6 Å². The van der Waals surface area contributed by atoms with E-state index in [9.17, 15) is 14.7 Å². The Morgan fingerprint density at radius 3 is 2.55 bits per heavy atom. The summed E-state index contributed by atoms with van der Waals surface area (Å²) in [5.74, 6) is -0.644. The van der Waals surface area contributed by atoms with Gasteiger partial charge in [0.15, 0.2) is 0 Å². The summed E-state index contributed by atoms with van der Waals surface area (Å²) in [5.41, 5.74) is -0.677. The molecule has 2 saturated heterocycles. The first-order valence-electron chi connectivity index (χ1n) is 7.39.